The minimum atomic E-state index is -1.02. The molecule has 116 valence electrons. The molecule has 2 rings (SSSR count). The van der Waals surface area contributed by atoms with Gasteiger partial charge in [0.25, 0.3) is 0 Å². The van der Waals surface area contributed by atoms with Crippen LogP contribution in [0.2, 0.25) is 0 Å². The van der Waals surface area contributed by atoms with E-state index in [1.54, 1.807) is 0 Å². The van der Waals surface area contributed by atoms with Gasteiger partial charge in [0.15, 0.2) is 0 Å². The number of rotatable bonds is 5. The third-order valence-corrected chi connectivity index (χ3v) is 4.34. The van der Waals surface area contributed by atoms with Crippen LogP contribution in [0.4, 0.5) is 4.79 Å². The van der Waals surface area contributed by atoms with E-state index in [0.717, 1.165) is 24.1 Å². The summed E-state index contributed by atoms with van der Waals surface area (Å²) >= 11 is 0. The van der Waals surface area contributed by atoms with Crippen molar-refractivity contribution in [2.75, 3.05) is 13.2 Å². The van der Waals surface area contributed by atoms with E-state index >= 15 is 0 Å². The summed E-state index contributed by atoms with van der Waals surface area (Å²) < 4.78 is 0. The van der Waals surface area contributed by atoms with Gasteiger partial charge < -0.3 is 20.8 Å². The van der Waals surface area contributed by atoms with Crippen molar-refractivity contribution in [2.24, 2.45) is 5.41 Å². The highest BCUT2D eigenvalue weighted by atomic mass is 16.4. The van der Waals surface area contributed by atoms with Gasteiger partial charge in [-0.25, -0.2) is 4.79 Å². The summed E-state index contributed by atoms with van der Waals surface area (Å²) in [4.78, 5) is 22.1. The SMILES string of the molecule is CC1(CCNC(=O)O)CC2=C(C=C1CCO)NC(=O)CC2. The minimum Gasteiger partial charge on any atom is -0.465 e. The highest BCUT2D eigenvalue weighted by Crippen LogP contribution is 2.45. The van der Waals surface area contributed by atoms with Crippen LogP contribution in [0.1, 0.15) is 39.0 Å². The van der Waals surface area contributed by atoms with Gasteiger partial charge in [0.1, 0.15) is 0 Å². The summed E-state index contributed by atoms with van der Waals surface area (Å²) in [6, 6.07) is 0. The molecule has 0 aromatic heterocycles. The van der Waals surface area contributed by atoms with Gasteiger partial charge in [-0.1, -0.05) is 12.5 Å². The first kappa shape index (κ1) is 15.6. The van der Waals surface area contributed by atoms with Gasteiger partial charge in [-0.15, -0.1) is 0 Å². The number of allylic oxidation sites excluding steroid dienone is 2. The molecule has 0 saturated heterocycles. The first-order valence-electron chi connectivity index (χ1n) is 7.25. The van der Waals surface area contributed by atoms with E-state index in [1.807, 2.05) is 6.08 Å². The zero-order chi connectivity index (χ0) is 15.5. The number of hydrogen-bond donors (Lipinski definition) is 4. The van der Waals surface area contributed by atoms with Crippen molar-refractivity contribution in [1.29, 1.82) is 0 Å². The average Bonchev–Trinajstić information content (AvgIpc) is 2.40. The Balaban J connectivity index is 2.16. The Hall–Kier alpha value is -1.82. The molecule has 0 spiro atoms. The van der Waals surface area contributed by atoms with E-state index in [4.69, 9.17) is 5.11 Å². The molecular weight excluding hydrogens is 272 g/mol. The van der Waals surface area contributed by atoms with Gasteiger partial charge in [-0.2, -0.15) is 0 Å². The second-order valence-electron chi connectivity index (χ2n) is 5.93. The van der Waals surface area contributed by atoms with Crippen LogP contribution in [-0.4, -0.2) is 35.4 Å². The lowest BCUT2D eigenvalue weighted by Gasteiger charge is -2.39. The lowest BCUT2D eigenvalue weighted by molar-refractivity contribution is -0.120. The molecule has 0 bridgehead atoms. The molecule has 1 atom stereocenters. The monoisotopic (exact) mass is 294 g/mol. The molecule has 0 radical (unpaired) electrons. The highest BCUT2D eigenvalue weighted by Gasteiger charge is 2.35. The Morgan fingerprint density at radius 3 is 2.90 bits per heavy atom. The highest BCUT2D eigenvalue weighted by molar-refractivity contribution is 5.80. The van der Waals surface area contributed by atoms with Gasteiger partial charge in [0.2, 0.25) is 5.91 Å². The summed E-state index contributed by atoms with van der Waals surface area (Å²) in [6.45, 7) is 2.52. The van der Waals surface area contributed by atoms with Gasteiger partial charge in [-0.3, -0.25) is 4.79 Å². The molecule has 0 aromatic carbocycles. The largest absolute Gasteiger partial charge is 0.465 e. The summed E-state index contributed by atoms with van der Waals surface area (Å²) in [5, 5.41) is 23.2. The summed E-state index contributed by atoms with van der Waals surface area (Å²) in [5.41, 5.74) is 2.98. The van der Waals surface area contributed by atoms with Crippen LogP contribution in [0.5, 0.6) is 0 Å². The van der Waals surface area contributed by atoms with Crippen LogP contribution in [0.15, 0.2) is 22.9 Å². The van der Waals surface area contributed by atoms with Crippen LogP contribution in [-0.2, 0) is 4.79 Å². The van der Waals surface area contributed by atoms with Gasteiger partial charge in [-0.05, 0) is 42.7 Å². The fourth-order valence-electron chi connectivity index (χ4n) is 3.14. The maximum Gasteiger partial charge on any atom is 0.404 e. The van der Waals surface area contributed by atoms with Crippen LogP contribution >= 0.6 is 0 Å². The number of carbonyl (C=O) groups excluding carboxylic acids is 1. The van der Waals surface area contributed by atoms with E-state index in [-0.39, 0.29) is 17.9 Å². The molecule has 0 fully saturated rings. The number of carboxylic acid groups (broad SMARTS) is 1. The van der Waals surface area contributed by atoms with E-state index in [9.17, 15) is 14.7 Å². The zero-order valence-corrected chi connectivity index (χ0v) is 12.2. The first-order chi connectivity index (χ1) is 9.94. The molecule has 1 heterocycles. The molecule has 2 amide bonds. The molecule has 0 aromatic rings. The molecule has 4 N–H and O–H groups in total. The second-order valence-corrected chi connectivity index (χ2v) is 5.93. The van der Waals surface area contributed by atoms with Gasteiger partial charge in [0, 0.05) is 25.3 Å². The Bertz CT molecular complexity index is 510. The zero-order valence-electron chi connectivity index (χ0n) is 12.2. The Morgan fingerprint density at radius 2 is 2.24 bits per heavy atom. The van der Waals surface area contributed by atoms with Crippen molar-refractivity contribution in [3.63, 3.8) is 0 Å². The maximum absolute atomic E-state index is 11.5. The number of amides is 2. The topological polar surface area (TPSA) is 98.7 Å². The molecule has 1 aliphatic heterocycles. The molecule has 2 aliphatic rings. The Labute approximate surface area is 123 Å². The summed E-state index contributed by atoms with van der Waals surface area (Å²) in [7, 11) is 0. The summed E-state index contributed by atoms with van der Waals surface area (Å²) in [6.07, 6.45) is 4.22. The molecule has 1 unspecified atom stereocenters. The van der Waals surface area contributed by atoms with E-state index in [1.165, 1.54) is 5.57 Å². The Kier molecular flexibility index (Phi) is 4.67. The molecule has 0 saturated carbocycles. The van der Waals surface area contributed by atoms with Crippen molar-refractivity contribution in [3.8, 4) is 0 Å². The fourth-order valence-corrected chi connectivity index (χ4v) is 3.14. The number of nitrogens with one attached hydrogen (secondary N) is 2. The standard InChI is InChI=1S/C15H22N2O4/c1-15(5-6-16-14(20)21)9-10-2-3-13(19)17-12(10)8-11(15)4-7-18/h8,16,18H,2-7,9H2,1H3,(H,17,19)(H,20,21). The lowest BCUT2D eigenvalue weighted by Crippen LogP contribution is -2.36. The molecule has 6 heteroatoms. The smallest absolute Gasteiger partial charge is 0.404 e. The Morgan fingerprint density at radius 1 is 1.48 bits per heavy atom. The number of aliphatic hydroxyl groups is 1. The van der Waals surface area contributed by atoms with Gasteiger partial charge in [0.05, 0.1) is 0 Å². The molecular formula is C15H22N2O4. The third kappa shape index (κ3) is 3.64. The normalized spacial score (nSPS) is 25.0. The van der Waals surface area contributed by atoms with Crippen molar-refractivity contribution in [1.82, 2.24) is 10.6 Å². The van der Waals surface area contributed by atoms with Crippen molar-refractivity contribution >= 4 is 12.0 Å². The first-order valence-corrected chi connectivity index (χ1v) is 7.25. The van der Waals surface area contributed by atoms with Crippen LogP contribution in [0.25, 0.3) is 0 Å². The second kappa shape index (κ2) is 6.30. The predicted octanol–water partition coefficient (Wildman–Crippen LogP) is 1.53. The minimum absolute atomic E-state index is 0.0319. The van der Waals surface area contributed by atoms with Crippen LogP contribution in [0.3, 0.4) is 0 Å². The average molecular weight is 294 g/mol. The lowest BCUT2D eigenvalue weighted by atomic mass is 9.68. The van der Waals surface area contributed by atoms with Gasteiger partial charge >= 0.3 is 6.09 Å². The number of carbonyl (C=O) groups is 2. The third-order valence-electron chi connectivity index (χ3n) is 4.34. The number of aliphatic hydroxyl groups excluding tert-OH is 1. The van der Waals surface area contributed by atoms with E-state index < -0.39 is 6.09 Å². The van der Waals surface area contributed by atoms with Crippen molar-refractivity contribution in [3.05, 3.63) is 22.9 Å². The maximum atomic E-state index is 11.5. The summed E-state index contributed by atoms with van der Waals surface area (Å²) in [5.74, 6) is 0.0319. The molecule has 1 aliphatic carbocycles. The van der Waals surface area contributed by atoms with Crippen LogP contribution < -0.4 is 10.6 Å². The molecule has 21 heavy (non-hydrogen) atoms. The number of hydrogen-bond acceptors (Lipinski definition) is 3. The predicted molar refractivity (Wildman–Crippen MR) is 77.6 cm³/mol. The quantitative estimate of drug-likeness (QED) is 0.618. The molecule has 6 nitrogen and oxygen atoms in total. The van der Waals surface area contributed by atoms with Crippen molar-refractivity contribution in [2.45, 2.75) is 39.0 Å². The van der Waals surface area contributed by atoms with E-state index in [0.29, 0.717) is 25.8 Å². The van der Waals surface area contributed by atoms with Crippen molar-refractivity contribution < 1.29 is 19.8 Å². The van der Waals surface area contributed by atoms with Crippen LogP contribution in [0, 0.1) is 5.41 Å². The van der Waals surface area contributed by atoms with E-state index in [2.05, 4.69) is 17.6 Å². The fraction of sp³-hybridized carbons (Fsp3) is 0.600.